The van der Waals surface area contributed by atoms with E-state index in [1.807, 2.05) is 6.20 Å². The highest BCUT2D eigenvalue weighted by atomic mass is 15.2. The number of hydrogen-bond donors (Lipinski definition) is 0. The van der Waals surface area contributed by atoms with E-state index in [0.717, 1.165) is 12.4 Å². The van der Waals surface area contributed by atoms with Crippen LogP contribution in [0, 0.1) is 6.92 Å². The third-order valence-corrected chi connectivity index (χ3v) is 3.11. The molecular formula is C15H20N2. The van der Waals surface area contributed by atoms with Crippen LogP contribution in [-0.4, -0.2) is 18.6 Å². The van der Waals surface area contributed by atoms with E-state index in [1.165, 1.54) is 29.2 Å². The van der Waals surface area contributed by atoms with Gasteiger partial charge in [-0.05, 0) is 30.9 Å². The third kappa shape index (κ3) is 2.57. The Morgan fingerprint density at radius 3 is 2.82 bits per heavy atom. The zero-order valence-electron chi connectivity index (χ0n) is 10.9. The molecule has 2 rings (SSSR count). The van der Waals surface area contributed by atoms with Gasteiger partial charge in [-0.2, -0.15) is 0 Å². The minimum atomic E-state index is 1.07. The average molecular weight is 228 g/mol. The molecule has 2 aromatic rings. The molecule has 1 aromatic heterocycles. The Balaban J connectivity index is 2.42. The van der Waals surface area contributed by atoms with Crippen LogP contribution in [0.4, 0.5) is 5.82 Å². The molecule has 1 aromatic carbocycles. The molecule has 0 N–H and O–H groups in total. The lowest BCUT2D eigenvalue weighted by Crippen LogP contribution is -2.19. The number of anilines is 1. The molecule has 0 atom stereocenters. The molecule has 17 heavy (non-hydrogen) atoms. The van der Waals surface area contributed by atoms with Gasteiger partial charge in [-0.25, -0.2) is 4.98 Å². The Bertz CT molecular complexity index is 505. The van der Waals surface area contributed by atoms with Crippen LogP contribution in [0.25, 0.3) is 10.8 Å². The second-order valence-electron chi connectivity index (χ2n) is 4.63. The molecule has 0 aliphatic carbocycles. The van der Waals surface area contributed by atoms with Gasteiger partial charge in [0.1, 0.15) is 5.82 Å². The van der Waals surface area contributed by atoms with E-state index in [4.69, 9.17) is 0 Å². The van der Waals surface area contributed by atoms with Gasteiger partial charge in [-0.15, -0.1) is 0 Å². The lowest BCUT2D eigenvalue weighted by atomic mass is 10.1. The van der Waals surface area contributed by atoms with E-state index >= 15 is 0 Å². The van der Waals surface area contributed by atoms with Gasteiger partial charge in [0.15, 0.2) is 0 Å². The smallest absolute Gasteiger partial charge is 0.136 e. The quantitative estimate of drug-likeness (QED) is 0.791. The first-order valence-electron chi connectivity index (χ1n) is 6.29. The second kappa shape index (κ2) is 5.17. The number of benzene rings is 1. The molecule has 2 nitrogen and oxygen atoms in total. The molecule has 1 heterocycles. The summed E-state index contributed by atoms with van der Waals surface area (Å²) in [6, 6.07) is 8.62. The number of hydrogen-bond acceptors (Lipinski definition) is 2. The van der Waals surface area contributed by atoms with Crippen molar-refractivity contribution in [3.63, 3.8) is 0 Å². The molecule has 0 aliphatic heterocycles. The maximum atomic E-state index is 4.53. The minimum absolute atomic E-state index is 1.07. The fraction of sp³-hybridized carbons (Fsp3) is 0.400. The number of aromatic nitrogens is 1. The zero-order chi connectivity index (χ0) is 12.3. The molecule has 2 heteroatoms. The first-order valence-corrected chi connectivity index (χ1v) is 6.29. The van der Waals surface area contributed by atoms with Gasteiger partial charge in [0, 0.05) is 25.2 Å². The van der Waals surface area contributed by atoms with E-state index in [9.17, 15) is 0 Å². The monoisotopic (exact) mass is 228 g/mol. The predicted molar refractivity (Wildman–Crippen MR) is 74.7 cm³/mol. The predicted octanol–water partition coefficient (Wildman–Crippen LogP) is 3.78. The lowest BCUT2D eigenvalue weighted by Gasteiger charge is -2.19. The van der Waals surface area contributed by atoms with Crippen LogP contribution in [0.3, 0.4) is 0 Å². The number of unbranched alkanes of at least 4 members (excludes halogenated alkanes) is 1. The Kier molecular flexibility index (Phi) is 3.62. The minimum Gasteiger partial charge on any atom is -0.359 e. The maximum absolute atomic E-state index is 4.53. The van der Waals surface area contributed by atoms with Crippen molar-refractivity contribution in [3.05, 3.63) is 36.0 Å². The normalized spacial score (nSPS) is 10.8. The Hall–Kier alpha value is -1.57. The van der Waals surface area contributed by atoms with Crippen LogP contribution < -0.4 is 4.90 Å². The Labute approximate surface area is 103 Å². The van der Waals surface area contributed by atoms with Crippen molar-refractivity contribution in [2.45, 2.75) is 26.7 Å². The van der Waals surface area contributed by atoms with E-state index in [2.05, 4.69) is 55.0 Å². The number of aryl methyl sites for hydroxylation is 1. The zero-order valence-corrected chi connectivity index (χ0v) is 10.9. The molecule has 0 saturated carbocycles. The van der Waals surface area contributed by atoms with Crippen molar-refractivity contribution < 1.29 is 0 Å². The SMILES string of the molecule is CCCCN(C)c1nccc2ccc(C)cc12. The van der Waals surface area contributed by atoms with Crippen LogP contribution in [0.15, 0.2) is 30.5 Å². The van der Waals surface area contributed by atoms with Gasteiger partial charge in [-0.3, -0.25) is 0 Å². The van der Waals surface area contributed by atoms with Crippen LogP contribution in [0.1, 0.15) is 25.3 Å². The maximum Gasteiger partial charge on any atom is 0.136 e. The molecule has 0 saturated heterocycles. The van der Waals surface area contributed by atoms with Gasteiger partial charge in [0.2, 0.25) is 0 Å². The fourth-order valence-corrected chi connectivity index (χ4v) is 2.07. The summed E-state index contributed by atoms with van der Waals surface area (Å²) < 4.78 is 0. The largest absolute Gasteiger partial charge is 0.359 e. The van der Waals surface area contributed by atoms with Crippen LogP contribution in [0.2, 0.25) is 0 Å². The van der Waals surface area contributed by atoms with Gasteiger partial charge >= 0.3 is 0 Å². The van der Waals surface area contributed by atoms with Crippen LogP contribution in [-0.2, 0) is 0 Å². The number of rotatable bonds is 4. The second-order valence-corrected chi connectivity index (χ2v) is 4.63. The molecule has 0 amide bonds. The molecule has 0 unspecified atom stereocenters. The van der Waals surface area contributed by atoms with Crippen molar-refractivity contribution in [2.75, 3.05) is 18.5 Å². The first kappa shape index (κ1) is 11.9. The number of fused-ring (bicyclic) bond motifs is 1. The molecule has 0 fully saturated rings. The highest BCUT2D eigenvalue weighted by molar-refractivity contribution is 5.92. The van der Waals surface area contributed by atoms with Crippen LogP contribution in [0.5, 0.6) is 0 Å². The Morgan fingerprint density at radius 1 is 1.24 bits per heavy atom. The van der Waals surface area contributed by atoms with Gasteiger partial charge < -0.3 is 4.90 Å². The van der Waals surface area contributed by atoms with Crippen molar-refractivity contribution in [1.82, 2.24) is 4.98 Å². The van der Waals surface area contributed by atoms with Crippen molar-refractivity contribution >= 4 is 16.6 Å². The number of pyridine rings is 1. The first-order chi connectivity index (χ1) is 8.22. The summed E-state index contributed by atoms with van der Waals surface area (Å²) in [6.45, 7) is 5.41. The van der Waals surface area contributed by atoms with Crippen molar-refractivity contribution in [2.24, 2.45) is 0 Å². The topological polar surface area (TPSA) is 16.1 Å². The highest BCUT2D eigenvalue weighted by Crippen LogP contribution is 2.24. The summed E-state index contributed by atoms with van der Waals surface area (Å²) in [6.07, 6.45) is 4.32. The summed E-state index contributed by atoms with van der Waals surface area (Å²) in [7, 11) is 2.12. The fourth-order valence-electron chi connectivity index (χ4n) is 2.07. The van der Waals surface area contributed by atoms with Gasteiger partial charge in [0.05, 0.1) is 0 Å². The van der Waals surface area contributed by atoms with Gasteiger partial charge in [0.25, 0.3) is 0 Å². The van der Waals surface area contributed by atoms with Crippen LogP contribution >= 0.6 is 0 Å². The summed E-state index contributed by atoms with van der Waals surface area (Å²) in [5.74, 6) is 1.10. The average Bonchev–Trinajstić information content (AvgIpc) is 2.35. The summed E-state index contributed by atoms with van der Waals surface area (Å²) in [4.78, 5) is 6.78. The highest BCUT2D eigenvalue weighted by Gasteiger charge is 2.06. The third-order valence-electron chi connectivity index (χ3n) is 3.11. The molecule has 90 valence electrons. The molecule has 0 radical (unpaired) electrons. The summed E-state index contributed by atoms with van der Waals surface area (Å²) in [5.41, 5.74) is 1.29. The van der Waals surface area contributed by atoms with Crippen molar-refractivity contribution in [1.29, 1.82) is 0 Å². The standard InChI is InChI=1S/C15H20N2/c1-4-5-10-17(3)15-14-11-12(2)6-7-13(14)8-9-16-15/h6-9,11H,4-5,10H2,1-3H3. The van der Waals surface area contributed by atoms with E-state index in [1.54, 1.807) is 0 Å². The molecular weight excluding hydrogens is 208 g/mol. The molecule has 0 aliphatic rings. The number of nitrogens with zero attached hydrogens (tertiary/aromatic N) is 2. The summed E-state index contributed by atoms with van der Waals surface area (Å²) >= 11 is 0. The summed E-state index contributed by atoms with van der Waals surface area (Å²) in [5, 5.41) is 2.52. The van der Waals surface area contributed by atoms with Crippen molar-refractivity contribution in [3.8, 4) is 0 Å². The molecule has 0 spiro atoms. The van der Waals surface area contributed by atoms with Gasteiger partial charge in [-0.1, -0.05) is 31.0 Å². The molecule has 0 bridgehead atoms. The van der Waals surface area contributed by atoms with E-state index in [0.29, 0.717) is 0 Å². The van der Waals surface area contributed by atoms with E-state index in [-0.39, 0.29) is 0 Å². The van der Waals surface area contributed by atoms with E-state index < -0.39 is 0 Å². The lowest BCUT2D eigenvalue weighted by molar-refractivity contribution is 0.761. The Morgan fingerprint density at radius 2 is 2.06 bits per heavy atom.